The van der Waals surface area contributed by atoms with Crippen molar-refractivity contribution in [3.63, 3.8) is 0 Å². The van der Waals surface area contributed by atoms with Crippen LogP contribution >= 0.6 is 0 Å². The van der Waals surface area contributed by atoms with E-state index >= 15 is 0 Å². The lowest BCUT2D eigenvalue weighted by Gasteiger charge is -2.24. The van der Waals surface area contributed by atoms with E-state index in [-0.39, 0.29) is 17.8 Å². The maximum absolute atomic E-state index is 12.6. The molecule has 1 heterocycles. The predicted molar refractivity (Wildman–Crippen MR) is 66.8 cm³/mol. The lowest BCUT2D eigenvalue weighted by atomic mass is 10.1. The summed E-state index contributed by atoms with van der Waals surface area (Å²) in [5, 5.41) is 2.30. The number of carbonyl (C=O) groups excluding carboxylic acids is 1. The normalized spacial score (nSPS) is 14.9. The van der Waals surface area contributed by atoms with Crippen LogP contribution in [0.15, 0.2) is 53.4 Å². The SMILES string of the molecule is O=NC(=O)C1=CC=CN(c2cccc(C(F)(F)F)c2)C1. The number of benzene rings is 1. The van der Waals surface area contributed by atoms with Gasteiger partial charge in [-0.1, -0.05) is 12.1 Å². The first-order valence-electron chi connectivity index (χ1n) is 5.61. The van der Waals surface area contributed by atoms with Crippen LogP contribution in [0.1, 0.15) is 5.56 Å². The summed E-state index contributed by atoms with van der Waals surface area (Å²) in [7, 11) is 0. The van der Waals surface area contributed by atoms with Crippen molar-refractivity contribution in [3.05, 3.63) is 58.7 Å². The van der Waals surface area contributed by atoms with Gasteiger partial charge in [-0.25, -0.2) is 0 Å². The fraction of sp³-hybridized carbons (Fsp3) is 0.154. The van der Waals surface area contributed by atoms with Gasteiger partial charge in [-0.05, 0) is 24.3 Å². The molecule has 1 aromatic rings. The number of alkyl halides is 3. The second-order valence-corrected chi connectivity index (χ2v) is 4.11. The van der Waals surface area contributed by atoms with Gasteiger partial charge in [-0.2, -0.15) is 13.2 Å². The number of hydrogen-bond donors (Lipinski definition) is 0. The number of nitrogens with zero attached hydrogens (tertiary/aromatic N) is 2. The number of carbonyl (C=O) groups is 1. The molecule has 1 aliphatic heterocycles. The second-order valence-electron chi connectivity index (χ2n) is 4.11. The Morgan fingerprint density at radius 1 is 1.30 bits per heavy atom. The molecule has 0 atom stereocenters. The minimum absolute atomic E-state index is 0.00236. The summed E-state index contributed by atoms with van der Waals surface area (Å²) in [6.45, 7) is 0.00236. The van der Waals surface area contributed by atoms with Gasteiger partial charge in [-0.3, -0.25) is 4.79 Å². The van der Waals surface area contributed by atoms with Gasteiger partial charge in [0.05, 0.1) is 12.1 Å². The molecule has 1 aliphatic rings. The molecule has 0 aromatic heterocycles. The number of halogens is 3. The summed E-state index contributed by atoms with van der Waals surface area (Å²) in [5.41, 5.74) is -0.375. The molecule has 0 aliphatic carbocycles. The molecular weight excluding hydrogens is 273 g/mol. The predicted octanol–water partition coefficient (Wildman–Crippen LogP) is 3.26. The van der Waals surface area contributed by atoms with Crippen LogP contribution in [0.25, 0.3) is 0 Å². The fourth-order valence-corrected chi connectivity index (χ4v) is 1.79. The fourth-order valence-electron chi connectivity index (χ4n) is 1.79. The molecule has 1 aromatic carbocycles. The van der Waals surface area contributed by atoms with Crippen LogP contribution in [0.4, 0.5) is 18.9 Å². The molecule has 104 valence electrons. The highest BCUT2D eigenvalue weighted by Gasteiger charge is 2.31. The molecule has 0 saturated carbocycles. The van der Waals surface area contributed by atoms with Crippen LogP contribution in [-0.2, 0) is 11.0 Å². The third-order valence-electron chi connectivity index (χ3n) is 2.77. The molecule has 0 bridgehead atoms. The Labute approximate surface area is 112 Å². The molecule has 0 saturated heterocycles. The summed E-state index contributed by atoms with van der Waals surface area (Å²) in [4.78, 5) is 22.8. The van der Waals surface area contributed by atoms with Crippen molar-refractivity contribution in [2.45, 2.75) is 6.18 Å². The minimum atomic E-state index is -4.44. The van der Waals surface area contributed by atoms with E-state index in [0.717, 1.165) is 12.1 Å². The molecule has 20 heavy (non-hydrogen) atoms. The van der Waals surface area contributed by atoms with E-state index in [1.807, 2.05) is 0 Å². The third-order valence-corrected chi connectivity index (χ3v) is 2.77. The number of rotatable bonds is 2. The lowest BCUT2D eigenvalue weighted by Crippen LogP contribution is -2.24. The number of hydrogen-bond acceptors (Lipinski definition) is 3. The Kier molecular flexibility index (Phi) is 3.69. The maximum atomic E-state index is 12.6. The van der Waals surface area contributed by atoms with Crippen molar-refractivity contribution < 1.29 is 18.0 Å². The summed E-state index contributed by atoms with van der Waals surface area (Å²) in [6.07, 6.45) is -0.0263. The average molecular weight is 282 g/mol. The molecule has 0 spiro atoms. The van der Waals surface area contributed by atoms with Gasteiger partial charge in [0.25, 0.3) is 0 Å². The highest BCUT2D eigenvalue weighted by Crippen LogP contribution is 2.32. The Hall–Kier alpha value is -2.44. The van der Waals surface area contributed by atoms with Crippen molar-refractivity contribution >= 4 is 11.6 Å². The van der Waals surface area contributed by atoms with Crippen LogP contribution in [-0.4, -0.2) is 12.5 Å². The zero-order valence-electron chi connectivity index (χ0n) is 10.1. The summed E-state index contributed by atoms with van der Waals surface area (Å²) in [6, 6.07) is 4.71. The highest BCUT2D eigenvalue weighted by atomic mass is 19.4. The van der Waals surface area contributed by atoms with Crippen LogP contribution in [0, 0.1) is 4.91 Å². The molecule has 2 rings (SSSR count). The van der Waals surface area contributed by atoms with Crippen molar-refractivity contribution in [2.24, 2.45) is 5.18 Å². The topological polar surface area (TPSA) is 49.7 Å². The van der Waals surface area contributed by atoms with Crippen LogP contribution in [0.3, 0.4) is 0 Å². The van der Waals surface area contributed by atoms with E-state index in [9.17, 15) is 22.9 Å². The Morgan fingerprint density at radius 3 is 2.70 bits per heavy atom. The van der Waals surface area contributed by atoms with Gasteiger partial charge in [0.2, 0.25) is 0 Å². The maximum Gasteiger partial charge on any atom is 0.416 e. The van der Waals surface area contributed by atoms with Crippen molar-refractivity contribution in [3.8, 4) is 0 Å². The van der Waals surface area contributed by atoms with Gasteiger partial charge < -0.3 is 4.90 Å². The molecule has 0 N–H and O–H groups in total. The first-order valence-corrected chi connectivity index (χ1v) is 5.61. The standard InChI is InChI=1S/C13H9F3N2O2/c14-13(15,16)10-4-1-5-11(7-10)18-6-2-3-9(8-18)12(19)17-20/h1-7H,8H2. The van der Waals surface area contributed by atoms with Crippen LogP contribution in [0.5, 0.6) is 0 Å². The van der Waals surface area contributed by atoms with Crippen molar-refractivity contribution in [1.82, 2.24) is 0 Å². The molecule has 0 radical (unpaired) electrons. The first kappa shape index (κ1) is 14.0. The summed E-state index contributed by atoms with van der Waals surface area (Å²) in [5.74, 6) is -0.925. The van der Waals surface area contributed by atoms with E-state index in [4.69, 9.17) is 0 Å². The Balaban J connectivity index is 2.26. The zero-order valence-corrected chi connectivity index (χ0v) is 10.1. The van der Waals surface area contributed by atoms with Gasteiger partial charge in [0, 0.05) is 22.6 Å². The average Bonchev–Trinajstić information content (AvgIpc) is 2.46. The number of anilines is 1. The number of amides is 1. The summed E-state index contributed by atoms with van der Waals surface area (Å²) < 4.78 is 37.9. The third kappa shape index (κ3) is 2.93. The highest BCUT2D eigenvalue weighted by molar-refractivity contribution is 5.95. The Bertz CT molecular complexity index is 606. The molecule has 0 unspecified atom stereocenters. The molecule has 7 heteroatoms. The molecule has 1 amide bonds. The van der Waals surface area contributed by atoms with Crippen molar-refractivity contribution in [1.29, 1.82) is 0 Å². The van der Waals surface area contributed by atoms with Gasteiger partial charge in [0.1, 0.15) is 0 Å². The lowest BCUT2D eigenvalue weighted by molar-refractivity contribution is -0.137. The smallest absolute Gasteiger partial charge is 0.343 e. The van der Waals surface area contributed by atoms with E-state index in [1.165, 1.54) is 35.4 Å². The van der Waals surface area contributed by atoms with E-state index < -0.39 is 17.6 Å². The largest absolute Gasteiger partial charge is 0.416 e. The molecular formula is C13H9F3N2O2. The van der Waals surface area contributed by atoms with Crippen LogP contribution < -0.4 is 4.90 Å². The van der Waals surface area contributed by atoms with Crippen molar-refractivity contribution in [2.75, 3.05) is 11.4 Å². The van der Waals surface area contributed by atoms with Crippen LogP contribution in [0.2, 0.25) is 0 Å². The zero-order chi connectivity index (χ0) is 14.8. The van der Waals surface area contributed by atoms with Gasteiger partial charge in [-0.15, -0.1) is 4.91 Å². The van der Waals surface area contributed by atoms with E-state index in [2.05, 4.69) is 5.18 Å². The second kappa shape index (κ2) is 5.28. The minimum Gasteiger partial charge on any atom is -0.343 e. The quantitative estimate of drug-likeness (QED) is 0.782. The summed E-state index contributed by atoms with van der Waals surface area (Å²) >= 11 is 0. The van der Waals surface area contributed by atoms with Gasteiger partial charge in [0.15, 0.2) is 0 Å². The number of nitroso groups, excluding NO2 is 1. The molecule has 4 nitrogen and oxygen atoms in total. The first-order chi connectivity index (χ1) is 9.41. The Morgan fingerprint density at radius 2 is 2.05 bits per heavy atom. The number of allylic oxidation sites excluding steroid dienone is 2. The van der Waals surface area contributed by atoms with E-state index in [1.54, 1.807) is 0 Å². The monoisotopic (exact) mass is 282 g/mol. The molecule has 0 fully saturated rings. The van der Waals surface area contributed by atoms with Gasteiger partial charge >= 0.3 is 12.1 Å². The van der Waals surface area contributed by atoms with E-state index in [0.29, 0.717) is 0 Å².